The lowest BCUT2D eigenvalue weighted by molar-refractivity contribution is 0.122. The average Bonchev–Trinajstić information content (AvgIpc) is 2.55. The summed E-state index contributed by atoms with van der Waals surface area (Å²) in [6.07, 6.45) is 1.45. The quantitative estimate of drug-likeness (QED) is 0.809. The molecule has 0 bridgehead atoms. The van der Waals surface area contributed by atoms with E-state index in [1.807, 2.05) is 6.92 Å². The minimum Gasteiger partial charge on any atom is -0.393 e. The Balaban J connectivity index is 1.83. The molecule has 0 aromatic heterocycles. The summed E-state index contributed by atoms with van der Waals surface area (Å²) in [7, 11) is 0. The van der Waals surface area contributed by atoms with E-state index in [9.17, 15) is 5.11 Å². The van der Waals surface area contributed by atoms with Gasteiger partial charge in [0, 0.05) is 24.8 Å². The normalized spacial score (nSPS) is 18.5. The third-order valence-electron chi connectivity index (χ3n) is 4.17. The molecule has 0 saturated carbocycles. The van der Waals surface area contributed by atoms with Crippen LogP contribution in [-0.4, -0.2) is 44.1 Å². The molecule has 0 radical (unpaired) electrons. The van der Waals surface area contributed by atoms with Gasteiger partial charge in [-0.25, -0.2) is 0 Å². The number of aliphatic hydroxyl groups is 1. The molecule has 1 fully saturated rings. The zero-order chi connectivity index (χ0) is 15.1. The molecular formula is C17H28N2O2. The van der Waals surface area contributed by atoms with Crippen molar-refractivity contribution in [3.05, 3.63) is 29.8 Å². The van der Waals surface area contributed by atoms with Gasteiger partial charge in [0.1, 0.15) is 0 Å². The van der Waals surface area contributed by atoms with Crippen LogP contribution < -0.4 is 10.2 Å². The molecule has 1 saturated heterocycles. The summed E-state index contributed by atoms with van der Waals surface area (Å²) in [4.78, 5) is 2.36. The van der Waals surface area contributed by atoms with E-state index in [4.69, 9.17) is 4.74 Å². The highest BCUT2D eigenvalue weighted by Gasteiger charge is 2.12. The fraction of sp³-hybridized carbons (Fsp3) is 0.647. The molecule has 0 spiro atoms. The van der Waals surface area contributed by atoms with Gasteiger partial charge in [0.15, 0.2) is 0 Å². The van der Waals surface area contributed by atoms with Crippen molar-refractivity contribution in [1.29, 1.82) is 0 Å². The zero-order valence-corrected chi connectivity index (χ0v) is 13.2. The van der Waals surface area contributed by atoms with Gasteiger partial charge in [0.25, 0.3) is 0 Å². The molecule has 4 heteroatoms. The number of anilines is 1. The van der Waals surface area contributed by atoms with Crippen molar-refractivity contribution in [1.82, 2.24) is 5.32 Å². The first kappa shape index (κ1) is 16.3. The first-order valence-corrected chi connectivity index (χ1v) is 8.04. The molecule has 1 aromatic rings. The van der Waals surface area contributed by atoms with Crippen LogP contribution in [0.3, 0.4) is 0 Å². The first-order chi connectivity index (χ1) is 10.2. The second-order valence-electron chi connectivity index (χ2n) is 5.72. The Kier molecular flexibility index (Phi) is 6.49. The number of nitrogens with zero attached hydrogens (tertiary/aromatic N) is 1. The predicted molar refractivity (Wildman–Crippen MR) is 86.8 cm³/mol. The molecule has 4 nitrogen and oxygen atoms in total. The van der Waals surface area contributed by atoms with Crippen LogP contribution in [0.4, 0.5) is 5.69 Å². The van der Waals surface area contributed by atoms with Gasteiger partial charge in [-0.15, -0.1) is 0 Å². The Bertz CT molecular complexity index is 402. The van der Waals surface area contributed by atoms with Crippen molar-refractivity contribution < 1.29 is 9.84 Å². The number of benzene rings is 1. The van der Waals surface area contributed by atoms with Crippen molar-refractivity contribution in [2.45, 2.75) is 38.8 Å². The van der Waals surface area contributed by atoms with Crippen molar-refractivity contribution >= 4 is 5.69 Å². The van der Waals surface area contributed by atoms with E-state index in [1.165, 1.54) is 11.3 Å². The number of ether oxygens (including phenoxy) is 1. The maximum atomic E-state index is 9.57. The number of hydrogen-bond donors (Lipinski definition) is 2. The molecule has 1 aliphatic rings. The van der Waals surface area contributed by atoms with E-state index in [-0.39, 0.29) is 6.10 Å². The van der Waals surface area contributed by atoms with Crippen LogP contribution in [0.1, 0.15) is 38.3 Å². The molecule has 0 amide bonds. The minimum absolute atomic E-state index is 0.187. The van der Waals surface area contributed by atoms with Gasteiger partial charge >= 0.3 is 0 Å². The molecule has 2 N–H and O–H groups in total. The Morgan fingerprint density at radius 3 is 2.52 bits per heavy atom. The lowest BCUT2D eigenvalue weighted by atomic mass is 10.1. The maximum absolute atomic E-state index is 9.57. The third-order valence-corrected chi connectivity index (χ3v) is 4.17. The summed E-state index contributed by atoms with van der Waals surface area (Å²) in [5.74, 6) is 0. The smallest absolute Gasteiger partial charge is 0.0642 e. The summed E-state index contributed by atoms with van der Waals surface area (Å²) in [6.45, 7) is 8.62. The highest BCUT2D eigenvalue weighted by atomic mass is 16.5. The van der Waals surface area contributed by atoms with Crippen molar-refractivity contribution in [3.8, 4) is 0 Å². The van der Waals surface area contributed by atoms with E-state index in [2.05, 4.69) is 41.4 Å². The molecule has 2 rings (SSSR count). The summed E-state index contributed by atoms with van der Waals surface area (Å²) in [6, 6.07) is 9.09. The molecule has 1 aliphatic heterocycles. The standard InChI is InChI=1S/C17H28N2O2/c1-3-17(20)8-9-18-14(2)15-4-6-16(7-5-15)19-10-12-21-13-11-19/h4-7,14,17-18,20H,3,8-13H2,1-2H3. The molecule has 1 heterocycles. The summed E-state index contributed by atoms with van der Waals surface area (Å²) < 4.78 is 5.38. The second-order valence-corrected chi connectivity index (χ2v) is 5.72. The first-order valence-electron chi connectivity index (χ1n) is 8.04. The van der Waals surface area contributed by atoms with Crippen LogP contribution in [-0.2, 0) is 4.74 Å². The number of nitrogens with one attached hydrogen (secondary N) is 1. The zero-order valence-electron chi connectivity index (χ0n) is 13.2. The van der Waals surface area contributed by atoms with Crippen LogP contribution >= 0.6 is 0 Å². The van der Waals surface area contributed by atoms with Gasteiger partial charge in [-0.1, -0.05) is 19.1 Å². The summed E-state index contributed by atoms with van der Waals surface area (Å²) in [5, 5.41) is 13.0. The highest BCUT2D eigenvalue weighted by molar-refractivity contribution is 5.48. The predicted octanol–water partition coefficient (Wildman–Crippen LogP) is 2.33. The number of hydrogen-bond acceptors (Lipinski definition) is 4. The lowest BCUT2D eigenvalue weighted by Crippen LogP contribution is -2.36. The summed E-state index contributed by atoms with van der Waals surface area (Å²) in [5.41, 5.74) is 2.56. The Morgan fingerprint density at radius 1 is 1.24 bits per heavy atom. The van der Waals surface area contributed by atoms with E-state index < -0.39 is 0 Å². The molecule has 1 aromatic carbocycles. The van der Waals surface area contributed by atoms with Crippen LogP contribution in [0.2, 0.25) is 0 Å². The van der Waals surface area contributed by atoms with Crippen molar-refractivity contribution in [3.63, 3.8) is 0 Å². The molecule has 2 atom stereocenters. The van der Waals surface area contributed by atoms with Crippen LogP contribution in [0.5, 0.6) is 0 Å². The minimum atomic E-state index is -0.187. The van der Waals surface area contributed by atoms with E-state index in [0.29, 0.717) is 6.04 Å². The van der Waals surface area contributed by atoms with Gasteiger partial charge in [0.05, 0.1) is 19.3 Å². The van der Waals surface area contributed by atoms with Crippen molar-refractivity contribution in [2.75, 3.05) is 37.7 Å². The Morgan fingerprint density at radius 2 is 1.90 bits per heavy atom. The van der Waals surface area contributed by atoms with Gasteiger partial charge in [-0.3, -0.25) is 0 Å². The van der Waals surface area contributed by atoms with E-state index >= 15 is 0 Å². The summed E-state index contributed by atoms with van der Waals surface area (Å²) >= 11 is 0. The monoisotopic (exact) mass is 292 g/mol. The molecule has 2 unspecified atom stereocenters. The maximum Gasteiger partial charge on any atom is 0.0642 e. The molecular weight excluding hydrogens is 264 g/mol. The largest absolute Gasteiger partial charge is 0.393 e. The highest BCUT2D eigenvalue weighted by Crippen LogP contribution is 2.20. The Labute approximate surface area is 128 Å². The van der Waals surface area contributed by atoms with Crippen LogP contribution in [0, 0.1) is 0 Å². The van der Waals surface area contributed by atoms with Gasteiger partial charge in [-0.05, 0) is 44.0 Å². The number of aliphatic hydroxyl groups excluding tert-OH is 1. The SMILES string of the molecule is CCC(O)CCNC(C)c1ccc(N2CCOCC2)cc1. The molecule has 21 heavy (non-hydrogen) atoms. The van der Waals surface area contributed by atoms with Gasteiger partial charge < -0.3 is 20.1 Å². The van der Waals surface area contributed by atoms with Crippen molar-refractivity contribution in [2.24, 2.45) is 0 Å². The average molecular weight is 292 g/mol. The molecule has 118 valence electrons. The fourth-order valence-corrected chi connectivity index (χ4v) is 2.58. The lowest BCUT2D eigenvalue weighted by Gasteiger charge is -2.29. The van der Waals surface area contributed by atoms with Crippen LogP contribution in [0.25, 0.3) is 0 Å². The van der Waals surface area contributed by atoms with E-state index in [0.717, 1.165) is 45.7 Å². The third kappa shape index (κ3) is 4.99. The second kappa shape index (κ2) is 8.37. The molecule has 0 aliphatic carbocycles. The van der Waals surface area contributed by atoms with Crippen LogP contribution in [0.15, 0.2) is 24.3 Å². The topological polar surface area (TPSA) is 44.7 Å². The fourth-order valence-electron chi connectivity index (χ4n) is 2.58. The van der Waals surface area contributed by atoms with Gasteiger partial charge in [-0.2, -0.15) is 0 Å². The van der Waals surface area contributed by atoms with E-state index in [1.54, 1.807) is 0 Å². The number of morpholine rings is 1. The Hall–Kier alpha value is -1.10. The van der Waals surface area contributed by atoms with Gasteiger partial charge in [0.2, 0.25) is 0 Å². The number of rotatable bonds is 7.